The number of hydrogen-bond acceptors (Lipinski definition) is 9. The van der Waals surface area contributed by atoms with E-state index < -0.39 is 0 Å². The van der Waals surface area contributed by atoms with E-state index in [4.69, 9.17) is 22.6 Å². The first-order chi connectivity index (χ1) is 15.9. The Morgan fingerprint density at radius 3 is 2.82 bits per heavy atom. The summed E-state index contributed by atoms with van der Waals surface area (Å²) >= 11 is 1.38. The summed E-state index contributed by atoms with van der Waals surface area (Å²) < 4.78 is 6.16. The van der Waals surface area contributed by atoms with Crippen LogP contribution >= 0.6 is 11.3 Å². The summed E-state index contributed by atoms with van der Waals surface area (Å²) in [5.74, 6) is 4.61. The molecule has 0 bridgehead atoms. The van der Waals surface area contributed by atoms with Crippen molar-refractivity contribution < 1.29 is 4.74 Å². The smallest absolute Gasteiger partial charge is 0.222 e. The molecule has 0 saturated heterocycles. The van der Waals surface area contributed by atoms with Crippen molar-refractivity contribution in [2.24, 2.45) is 0 Å². The number of aryl methyl sites for hydroxylation is 2. The summed E-state index contributed by atoms with van der Waals surface area (Å²) in [6.07, 6.45) is 7.92. The van der Waals surface area contributed by atoms with Gasteiger partial charge in [0, 0.05) is 41.5 Å². The summed E-state index contributed by atoms with van der Waals surface area (Å²) in [4.78, 5) is 20.8. The molecule has 0 saturated carbocycles. The van der Waals surface area contributed by atoms with Gasteiger partial charge < -0.3 is 21.1 Å². The first kappa shape index (κ1) is 21.0. The number of terminal acetylenes is 1. The number of anilines is 3. The van der Waals surface area contributed by atoms with Crippen LogP contribution in [0.3, 0.4) is 0 Å². The number of nitrogens with zero attached hydrogens (tertiary/aromatic N) is 5. The van der Waals surface area contributed by atoms with E-state index >= 15 is 0 Å². The molecule has 0 radical (unpaired) electrons. The summed E-state index contributed by atoms with van der Waals surface area (Å²) in [7, 11) is 0. The summed E-state index contributed by atoms with van der Waals surface area (Å²) in [6, 6.07) is 6.27. The number of aromatic nitrogens is 4. The second-order valence-corrected chi connectivity index (χ2v) is 9.01. The highest BCUT2D eigenvalue weighted by Gasteiger charge is 2.23. The van der Waals surface area contributed by atoms with Gasteiger partial charge in [0.05, 0.1) is 6.54 Å². The minimum absolute atomic E-state index is 0.237. The Morgan fingerprint density at radius 1 is 1.15 bits per heavy atom. The molecule has 3 aromatic heterocycles. The summed E-state index contributed by atoms with van der Waals surface area (Å²) in [5, 5.41) is 0.513. The molecule has 1 aliphatic heterocycles. The van der Waals surface area contributed by atoms with Crippen LogP contribution in [0.5, 0.6) is 5.75 Å². The first-order valence-corrected chi connectivity index (χ1v) is 11.3. The number of nitrogens with two attached hydrogens (primary N) is 2. The maximum absolute atomic E-state index is 6.16. The Balaban J connectivity index is 1.57. The molecule has 4 N–H and O–H groups in total. The van der Waals surface area contributed by atoms with Crippen LogP contribution in [0.4, 0.5) is 16.9 Å². The molecule has 0 amide bonds. The van der Waals surface area contributed by atoms with Crippen LogP contribution in [0.2, 0.25) is 0 Å². The summed E-state index contributed by atoms with van der Waals surface area (Å²) in [6.45, 7) is 5.76. The molecule has 9 heteroatoms. The van der Waals surface area contributed by atoms with E-state index in [1.807, 2.05) is 19.2 Å². The molecular weight excluding hydrogens is 434 g/mol. The highest BCUT2D eigenvalue weighted by molar-refractivity contribution is 7.21. The lowest BCUT2D eigenvalue weighted by Crippen LogP contribution is -2.28. The van der Waals surface area contributed by atoms with E-state index in [1.54, 1.807) is 0 Å². The fourth-order valence-corrected chi connectivity index (χ4v) is 4.89. The number of pyridine rings is 1. The zero-order chi connectivity index (χ0) is 23.1. The average molecular weight is 458 g/mol. The van der Waals surface area contributed by atoms with Crippen LogP contribution < -0.4 is 21.1 Å². The number of hydrogen-bond donors (Lipinski definition) is 2. The molecule has 5 rings (SSSR count). The van der Waals surface area contributed by atoms with Crippen LogP contribution in [-0.4, -0.2) is 33.1 Å². The third-order valence-electron chi connectivity index (χ3n) is 5.71. The Kier molecular flexibility index (Phi) is 5.23. The van der Waals surface area contributed by atoms with Gasteiger partial charge in [-0.05, 0) is 43.2 Å². The number of thiazole rings is 1. The minimum atomic E-state index is 0.237. The second-order valence-electron chi connectivity index (χ2n) is 8.00. The largest absolute Gasteiger partial charge is 0.491 e. The van der Waals surface area contributed by atoms with E-state index in [9.17, 15) is 0 Å². The van der Waals surface area contributed by atoms with E-state index in [0.29, 0.717) is 31.2 Å². The third kappa shape index (κ3) is 3.90. The number of ether oxygens (including phenoxy) is 1. The molecule has 0 unspecified atom stereocenters. The maximum Gasteiger partial charge on any atom is 0.222 e. The standard InChI is InChI=1S/C24H23N7OS/c1-4-5-18-14(3)28-23(25)30-21(18)31-6-7-32-20-13(2)8-15(9-17(20)12-31)16-10-19-22(27-11-16)33-24(26)29-19/h1,8-11H,5-7,12H2,2-3H3,(H2,26,29)(H2,25,28,30). The predicted molar refractivity (Wildman–Crippen MR) is 132 cm³/mol. The van der Waals surface area contributed by atoms with Crippen molar-refractivity contribution in [2.75, 3.05) is 29.5 Å². The van der Waals surface area contributed by atoms with Crippen molar-refractivity contribution >= 4 is 38.6 Å². The van der Waals surface area contributed by atoms with Crippen LogP contribution in [0.25, 0.3) is 21.5 Å². The Labute approximate surface area is 195 Å². The first-order valence-electron chi connectivity index (χ1n) is 10.5. The molecule has 1 aliphatic rings. The number of fused-ring (bicyclic) bond motifs is 2. The van der Waals surface area contributed by atoms with E-state index in [2.05, 4.69) is 49.8 Å². The SMILES string of the molecule is C#CCc1c(C)nc(N)nc1N1CCOc2c(C)cc(-c3cnc4sc(N)nc4c3)cc2C1. The topological polar surface area (TPSA) is 116 Å². The van der Waals surface area contributed by atoms with Crippen molar-refractivity contribution in [3.8, 4) is 29.2 Å². The molecule has 1 aromatic carbocycles. The van der Waals surface area contributed by atoms with Gasteiger partial charge in [0.1, 0.15) is 28.5 Å². The quantitative estimate of drug-likeness (QED) is 0.449. The van der Waals surface area contributed by atoms with Crippen molar-refractivity contribution in [2.45, 2.75) is 26.8 Å². The average Bonchev–Trinajstić information content (AvgIpc) is 3.01. The predicted octanol–water partition coefficient (Wildman–Crippen LogP) is 3.50. The third-order valence-corrected chi connectivity index (χ3v) is 6.51. The lowest BCUT2D eigenvalue weighted by Gasteiger charge is -2.24. The number of rotatable bonds is 3. The van der Waals surface area contributed by atoms with Gasteiger partial charge in [0.2, 0.25) is 5.95 Å². The van der Waals surface area contributed by atoms with Gasteiger partial charge in [-0.1, -0.05) is 11.3 Å². The highest BCUT2D eigenvalue weighted by Crippen LogP contribution is 2.35. The van der Waals surface area contributed by atoms with Gasteiger partial charge in [-0.25, -0.2) is 15.0 Å². The minimum Gasteiger partial charge on any atom is -0.491 e. The lowest BCUT2D eigenvalue weighted by atomic mass is 9.99. The van der Waals surface area contributed by atoms with Gasteiger partial charge in [0.15, 0.2) is 5.13 Å². The van der Waals surface area contributed by atoms with Crippen LogP contribution in [-0.2, 0) is 13.0 Å². The van der Waals surface area contributed by atoms with Gasteiger partial charge in [-0.15, -0.1) is 12.3 Å². The molecule has 33 heavy (non-hydrogen) atoms. The highest BCUT2D eigenvalue weighted by atomic mass is 32.1. The van der Waals surface area contributed by atoms with Crippen molar-refractivity contribution in [3.63, 3.8) is 0 Å². The van der Waals surface area contributed by atoms with Gasteiger partial charge in [0.25, 0.3) is 0 Å². The van der Waals surface area contributed by atoms with Gasteiger partial charge >= 0.3 is 0 Å². The number of nitrogen functional groups attached to an aromatic ring is 2. The van der Waals surface area contributed by atoms with Gasteiger partial charge in [-0.2, -0.15) is 4.98 Å². The van der Waals surface area contributed by atoms with E-state index in [1.165, 1.54) is 11.3 Å². The molecule has 4 aromatic rings. The summed E-state index contributed by atoms with van der Waals surface area (Å²) in [5.41, 5.74) is 18.5. The zero-order valence-corrected chi connectivity index (χ0v) is 19.2. The molecular formula is C24H23N7OS. The van der Waals surface area contributed by atoms with E-state index in [-0.39, 0.29) is 5.95 Å². The zero-order valence-electron chi connectivity index (χ0n) is 18.4. The molecule has 0 fully saturated rings. The van der Waals surface area contributed by atoms with E-state index in [0.717, 1.165) is 55.4 Å². The lowest BCUT2D eigenvalue weighted by molar-refractivity contribution is 0.329. The molecule has 8 nitrogen and oxygen atoms in total. The molecule has 0 spiro atoms. The van der Waals surface area contributed by atoms with Crippen LogP contribution in [0.1, 0.15) is 22.4 Å². The maximum atomic E-state index is 6.16. The number of benzene rings is 1. The normalized spacial score (nSPS) is 13.3. The Hall–Kier alpha value is -3.90. The fourth-order valence-electron chi connectivity index (χ4n) is 4.23. The monoisotopic (exact) mass is 457 g/mol. The molecule has 0 atom stereocenters. The molecule has 0 aliphatic carbocycles. The Morgan fingerprint density at radius 2 is 2.00 bits per heavy atom. The second kappa shape index (κ2) is 8.22. The fraction of sp³-hybridized carbons (Fsp3) is 0.250. The van der Waals surface area contributed by atoms with Gasteiger partial charge in [-0.3, -0.25) is 0 Å². The van der Waals surface area contributed by atoms with Crippen LogP contribution in [0.15, 0.2) is 24.4 Å². The van der Waals surface area contributed by atoms with Crippen molar-refractivity contribution in [1.29, 1.82) is 0 Å². The molecule has 4 heterocycles. The Bertz CT molecular complexity index is 1420. The van der Waals surface area contributed by atoms with Crippen LogP contribution in [0, 0.1) is 26.2 Å². The van der Waals surface area contributed by atoms with Crippen molar-refractivity contribution in [1.82, 2.24) is 19.9 Å². The molecule has 166 valence electrons. The van der Waals surface area contributed by atoms with Crippen molar-refractivity contribution in [3.05, 3.63) is 46.8 Å².